The van der Waals surface area contributed by atoms with Crippen LogP contribution in [0.5, 0.6) is 0 Å². The van der Waals surface area contributed by atoms with Crippen LogP contribution >= 0.6 is 0 Å². The van der Waals surface area contributed by atoms with E-state index in [0.717, 1.165) is 70.6 Å². The summed E-state index contributed by atoms with van der Waals surface area (Å²) in [6.45, 7) is 4.24. The third kappa shape index (κ3) is 54.5. The van der Waals surface area contributed by atoms with Gasteiger partial charge >= 0.3 is 0 Å². The number of aliphatic hydroxyl groups excluding tert-OH is 2. The third-order valence-electron chi connectivity index (χ3n) is 13.4. The minimum absolute atomic E-state index is 0.0883. The van der Waals surface area contributed by atoms with Crippen LogP contribution in [0.3, 0.4) is 0 Å². The summed E-state index contributed by atoms with van der Waals surface area (Å²) in [6.07, 6.45) is 86.0. The maximum atomic E-state index is 12.5. The van der Waals surface area contributed by atoms with Crippen LogP contribution < -0.4 is 5.32 Å². The molecule has 0 aromatic heterocycles. The van der Waals surface area contributed by atoms with Gasteiger partial charge in [-0.2, -0.15) is 0 Å². The number of allylic oxidation sites excluding steroid dienone is 14. The molecule has 0 bridgehead atoms. The number of rotatable bonds is 54. The predicted octanol–water partition coefficient (Wildman–Crippen LogP) is 19.9. The van der Waals surface area contributed by atoms with E-state index in [0.29, 0.717) is 12.8 Å². The van der Waals surface area contributed by atoms with Gasteiger partial charge in [-0.25, -0.2) is 0 Å². The molecular weight excluding hydrogens is 831 g/mol. The van der Waals surface area contributed by atoms with Gasteiger partial charge in [0, 0.05) is 6.42 Å². The molecule has 2 atom stereocenters. The van der Waals surface area contributed by atoms with Crippen molar-refractivity contribution < 1.29 is 15.0 Å². The SMILES string of the molecule is CC/C=C\C/C=C\C/C=C\C/C=C\C/C=C\C/C=C\C/C=C\CCCC(=O)NC(CO)C(O)CCCCCCCCCCCCCCCCCCCCCCCCCCCCCCCCCCC. The number of nitrogens with one attached hydrogen (secondary N) is 1. The molecule has 68 heavy (non-hydrogen) atoms. The van der Waals surface area contributed by atoms with Crippen LogP contribution in [-0.2, 0) is 4.79 Å². The second kappa shape index (κ2) is 58.9. The van der Waals surface area contributed by atoms with Gasteiger partial charge in [0.1, 0.15) is 0 Å². The predicted molar refractivity (Wildman–Crippen MR) is 303 cm³/mol. The highest BCUT2D eigenvalue weighted by atomic mass is 16.3. The van der Waals surface area contributed by atoms with Gasteiger partial charge in [-0.05, 0) is 64.2 Å². The third-order valence-corrected chi connectivity index (χ3v) is 13.4. The van der Waals surface area contributed by atoms with E-state index >= 15 is 0 Å². The van der Waals surface area contributed by atoms with Crippen molar-refractivity contribution in [1.29, 1.82) is 0 Å². The molecule has 0 saturated carbocycles. The number of carbonyl (C=O) groups is 1. The topological polar surface area (TPSA) is 69.6 Å². The van der Waals surface area contributed by atoms with Crippen LogP contribution in [0, 0.1) is 0 Å². The van der Waals surface area contributed by atoms with Crippen LogP contribution in [0.4, 0.5) is 0 Å². The molecule has 0 radical (unpaired) electrons. The molecule has 0 fully saturated rings. The maximum absolute atomic E-state index is 12.5. The van der Waals surface area contributed by atoms with Gasteiger partial charge < -0.3 is 15.5 Å². The lowest BCUT2D eigenvalue weighted by molar-refractivity contribution is -0.123. The smallest absolute Gasteiger partial charge is 0.220 e. The van der Waals surface area contributed by atoms with Crippen LogP contribution in [0.2, 0.25) is 0 Å². The standard InChI is InChI=1S/C64H115NO3/c1-3-5-7-9-11-13-15-17-19-21-23-25-27-28-29-30-31-32-33-34-35-36-38-39-41-43-45-47-49-51-53-55-57-59-63(67)62(61-66)65-64(68)60-58-56-54-52-50-48-46-44-42-40-37-26-24-22-20-18-16-14-12-10-8-6-4-2/h6,8,12,14,18,20,24,26,40,42,46,48,52,54,62-63,66-67H,3-5,7,9-11,13,15-17,19,21-23,25,27-39,41,43-45,47,49-51,53,55-61H2,1-2H3,(H,65,68)/b8-6-,14-12-,20-18-,26-24-,42-40-,48-46-,54-52-. The second-order valence-electron chi connectivity index (χ2n) is 20.0. The first kappa shape index (κ1) is 65.6. The summed E-state index contributed by atoms with van der Waals surface area (Å²) in [4.78, 5) is 12.5. The molecule has 0 saturated heterocycles. The van der Waals surface area contributed by atoms with E-state index in [2.05, 4.69) is 104 Å². The Kier molecular flexibility index (Phi) is 56.8. The van der Waals surface area contributed by atoms with Gasteiger partial charge in [0.05, 0.1) is 18.8 Å². The van der Waals surface area contributed by atoms with Crippen LogP contribution in [-0.4, -0.2) is 34.9 Å². The molecule has 0 spiro atoms. The summed E-state index contributed by atoms with van der Waals surface area (Å²) in [5.41, 5.74) is 0. The van der Waals surface area contributed by atoms with Gasteiger partial charge in [-0.1, -0.05) is 311 Å². The van der Waals surface area contributed by atoms with Crippen molar-refractivity contribution in [3.05, 3.63) is 85.1 Å². The highest BCUT2D eigenvalue weighted by Gasteiger charge is 2.20. The molecule has 2 unspecified atom stereocenters. The zero-order valence-corrected chi connectivity index (χ0v) is 45.4. The number of aliphatic hydroxyl groups is 2. The zero-order chi connectivity index (χ0) is 49.2. The number of amides is 1. The molecule has 1 amide bonds. The molecule has 0 heterocycles. The first-order valence-electron chi connectivity index (χ1n) is 29.8. The summed E-state index contributed by atoms with van der Waals surface area (Å²) in [5, 5.41) is 23.3. The summed E-state index contributed by atoms with van der Waals surface area (Å²) >= 11 is 0. The Balaban J connectivity index is 3.51. The van der Waals surface area contributed by atoms with E-state index in [9.17, 15) is 15.0 Å². The Hall–Kier alpha value is -2.43. The van der Waals surface area contributed by atoms with Crippen molar-refractivity contribution in [3.8, 4) is 0 Å². The highest BCUT2D eigenvalue weighted by Crippen LogP contribution is 2.18. The molecule has 394 valence electrons. The average molecular weight is 947 g/mol. The molecule has 4 nitrogen and oxygen atoms in total. The van der Waals surface area contributed by atoms with E-state index in [1.165, 1.54) is 199 Å². The van der Waals surface area contributed by atoms with Crippen molar-refractivity contribution in [1.82, 2.24) is 5.32 Å². The molecular formula is C64H115NO3. The van der Waals surface area contributed by atoms with Crippen molar-refractivity contribution in [2.24, 2.45) is 0 Å². The maximum Gasteiger partial charge on any atom is 0.220 e. The van der Waals surface area contributed by atoms with Gasteiger partial charge in [0.25, 0.3) is 0 Å². The minimum Gasteiger partial charge on any atom is -0.394 e. The number of carbonyl (C=O) groups excluding carboxylic acids is 1. The van der Waals surface area contributed by atoms with E-state index in [-0.39, 0.29) is 12.5 Å². The van der Waals surface area contributed by atoms with Gasteiger partial charge in [0.2, 0.25) is 5.91 Å². The van der Waals surface area contributed by atoms with E-state index in [1.54, 1.807) is 0 Å². The molecule has 0 aromatic rings. The Morgan fingerprint density at radius 2 is 0.632 bits per heavy atom. The van der Waals surface area contributed by atoms with E-state index in [4.69, 9.17) is 0 Å². The highest BCUT2D eigenvalue weighted by molar-refractivity contribution is 5.76. The quantitative estimate of drug-likeness (QED) is 0.0420. The van der Waals surface area contributed by atoms with E-state index in [1.807, 2.05) is 0 Å². The largest absolute Gasteiger partial charge is 0.394 e. The first-order valence-corrected chi connectivity index (χ1v) is 29.8. The average Bonchev–Trinajstić information content (AvgIpc) is 3.34. The summed E-state index contributed by atoms with van der Waals surface area (Å²) < 4.78 is 0. The summed E-state index contributed by atoms with van der Waals surface area (Å²) in [6, 6.07) is -0.575. The summed E-state index contributed by atoms with van der Waals surface area (Å²) in [5.74, 6) is -0.0883. The van der Waals surface area contributed by atoms with Gasteiger partial charge in [0.15, 0.2) is 0 Å². The molecule has 4 heteroatoms. The van der Waals surface area contributed by atoms with E-state index < -0.39 is 12.1 Å². The first-order chi connectivity index (χ1) is 33.7. The molecule has 0 aliphatic rings. The van der Waals surface area contributed by atoms with Crippen molar-refractivity contribution in [2.75, 3.05) is 6.61 Å². The fourth-order valence-corrected chi connectivity index (χ4v) is 8.94. The molecule has 0 aliphatic heterocycles. The fourth-order valence-electron chi connectivity index (χ4n) is 8.94. The Morgan fingerprint density at radius 1 is 0.368 bits per heavy atom. The lowest BCUT2D eigenvalue weighted by Crippen LogP contribution is -2.45. The zero-order valence-electron chi connectivity index (χ0n) is 45.4. The second-order valence-corrected chi connectivity index (χ2v) is 20.0. The lowest BCUT2D eigenvalue weighted by Gasteiger charge is -2.22. The fraction of sp³-hybridized carbons (Fsp3) is 0.766. The number of unbranched alkanes of at least 4 members (excludes halogenated alkanes) is 33. The van der Waals surface area contributed by atoms with Crippen molar-refractivity contribution in [3.63, 3.8) is 0 Å². The number of hydrogen-bond acceptors (Lipinski definition) is 3. The molecule has 0 aliphatic carbocycles. The Morgan fingerprint density at radius 3 is 0.912 bits per heavy atom. The lowest BCUT2D eigenvalue weighted by atomic mass is 10.0. The van der Waals surface area contributed by atoms with Crippen molar-refractivity contribution >= 4 is 5.91 Å². The molecule has 0 rings (SSSR count). The minimum atomic E-state index is -0.691. The Labute approximate surface area is 424 Å². The summed E-state index contributed by atoms with van der Waals surface area (Å²) in [7, 11) is 0. The number of hydrogen-bond donors (Lipinski definition) is 3. The molecule has 0 aromatic carbocycles. The van der Waals surface area contributed by atoms with Gasteiger partial charge in [-0.15, -0.1) is 0 Å². The van der Waals surface area contributed by atoms with Crippen LogP contribution in [0.15, 0.2) is 85.1 Å². The Bertz CT molecular complexity index is 1210. The van der Waals surface area contributed by atoms with Gasteiger partial charge in [-0.3, -0.25) is 4.79 Å². The van der Waals surface area contributed by atoms with Crippen molar-refractivity contribution in [2.45, 2.75) is 309 Å². The normalized spacial score (nSPS) is 13.4. The van der Waals surface area contributed by atoms with Crippen LogP contribution in [0.25, 0.3) is 0 Å². The molecule has 3 N–H and O–H groups in total. The van der Waals surface area contributed by atoms with Crippen LogP contribution in [0.1, 0.15) is 296 Å². The monoisotopic (exact) mass is 946 g/mol.